The van der Waals surface area contributed by atoms with Gasteiger partial charge in [0.15, 0.2) is 5.76 Å². The number of carbonyl (C=O) groups is 2. The third kappa shape index (κ3) is 4.73. The van der Waals surface area contributed by atoms with E-state index in [2.05, 4.69) is 15.6 Å². The van der Waals surface area contributed by atoms with Gasteiger partial charge >= 0.3 is 0 Å². The van der Waals surface area contributed by atoms with E-state index in [0.717, 1.165) is 5.56 Å². The van der Waals surface area contributed by atoms with Crippen molar-refractivity contribution in [2.45, 2.75) is 25.8 Å². The first-order chi connectivity index (χ1) is 10.7. The van der Waals surface area contributed by atoms with Gasteiger partial charge in [-0.1, -0.05) is 0 Å². The number of aromatic nitrogens is 1. The average Bonchev–Trinajstić information content (AvgIpc) is 3.06. The molecule has 2 aromatic heterocycles. The zero-order chi connectivity index (χ0) is 15.8. The second-order valence-corrected chi connectivity index (χ2v) is 4.91. The maximum atomic E-state index is 11.8. The largest absolute Gasteiger partial charge is 0.459 e. The summed E-state index contributed by atoms with van der Waals surface area (Å²) >= 11 is 0. The van der Waals surface area contributed by atoms with Gasteiger partial charge in [0.25, 0.3) is 5.91 Å². The lowest BCUT2D eigenvalue weighted by molar-refractivity contribution is -0.121. The Balaban J connectivity index is 1.65. The summed E-state index contributed by atoms with van der Waals surface area (Å²) in [6.07, 6.45) is 5.77. The summed E-state index contributed by atoms with van der Waals surface area (Å²) in [5.74, 6) is -0.0390. The van der Waals surface area contributed by atoms with Crippen LogP contribution in [0.25, 0.3) is 0 Å². The minimum atomic E-state index is -0.268. The van der Waals surface area contributed by atoms with Gasteiger partial charge in [0.05, 0.1) is 12.3 Å². The van der Waals surface area contributed by atoms with Crippen LogP contribution in [0.15, 0.2) is 47.3 Å². The summed E-state index contributed by atoms with van der Waals surface area (Å²) in [6.45, 7) is 2.35. The van der Waals surface area contributed by atoms with E-state index in [1.165, 1.54) is 6.26 Å². The predicted molar refractivity (Wildman–Crippen MR) is 81.1 cm³/mol. The molecule has 1 atom stereocenters. The standard InChI is InChI=1S/C16H19N3O3/c1-12(13-6-9-17-10-7-13)19-15(20)5-2-8-18-16(21)14-4-3-11-22-14/h3-4,6-7,9-12H,2,5,8H2,1H3,(H,18,21)(H,19,20). The Kier molecular flexibility index (Phi) is 5.71. The molecule has 116 valence electrons. The second kappa shape index (κ2) is 7.97. The van der Waals surface area contributed by atoms with E-state index >= 15 is 0 Å². The van der Waals surface area contributed by atoms with Gasteiger partial charge in [-0.25, -0.2) is 0 Å². The molecule has 1 unspecified atom stereocenters. The Morgan fingerprint density at radius 1 is 1.27 bits per heavy atom. The molecule has 0 aliphatic rings. The molecular weight excluding hydrogens is 282 g/mol. The minimum Gasteiger partial charge on any atom is -0.459 e. The quantitative estimate of drug-likeness (QED) is 0.767. The van der Waals surface area contributed by atoms with Crippen LogP contribution in [-0.4, -0.2) is 23.3 Å². The predicted octanol–water partition coefficient (Wildman–Crippen LogP) is 2.06. The number of rotatable bonds is 7. The molecule has 0 aliphatic heterocycles. The monoisotopic (exact) mass is 301 g/mol. The third-order valence-corrected chi connectivity index (χ3v) is 3.19. The van der Waals surface area contributed by atoms with E-state index < -0.39 is 0 Å². The molecule has 0 spiro atoms. The third-order valence-electron chi connectivity index (χ3n) is 3.19. The molecule has 2 amide bonds. The number of hydrogen-bond acceptors (Lipinski definition) is 4. The first kappa shape index (κ1) is 15.8. The van der Waals surface area contributed by atoms with Crippen LogP contribution in [0, 0.1) is 0 Å². The van der Waals surface area contributed by atoms with Crippen LogP contribution < -0.4 is 10.6 Å². The molecule has 0 saturated carbocycles. The molecule has 0 fully saturated rings. The van der Waals surface area contributed by atoms with E-state index in [0.29, 0.717) is 19.4 Å². The lowest BCUT2D eigenvalue weighted by Crippen LogP contribution is -2.28. The van der Waals surface area contributed by atoms with Crippen molar-refractivity contribution in [2.75, 3.05) is 6.54 Å². The molecule has 2 aromatic rings. The van der Waals surface area contributed by atoms with Gasteiger partial charge in [-0.15, -0.1) is 0 Å². The fraction of sp³-hybridized carbons (Fsp3) is 0.312. The van der Waals surface area contributed by atoms with Crippen LogP contribution in [0.4, 0.5) is 0 Å². The van der Waals surface area contributed by atoms with Crippen molar-refractivity contribution in [3.05, 3.63) is 54.2 Å². The van der Waals surface area contributed by atoms with Gasteiger partial charge in [0.1, 0.15) is 0 Å². The Bertz CT molecular complexity index is 596. The van der Waals surface area contributed by atoms with Crippen molar-refractivity contribution < 1.29 is 14.0 Å². The molecule has 0 radical (unpaired) electrons. The van der Waals surface area contributed by atoms with E-state index in [-0.39, 0.29) is 23.6 Å². The van der Waals surface area contributed by atoms with Crippen molar-refractivity contribution >= 4 is 11.8 Å². The van der Waals surface area contributed by atoms with E-state index in [4.69, 9.17) is 4.42 Å². The van der Waals surface area contributed by atoms with Crippen molar-refractivity contribution in [2.24, 2.45) is 0 Å². The van der Waals surface area contributed by atoms with Crippen LogP contribution in [0.1, 0.15) is 41.9 Å². The fourth-order valence-electron chi connectivity index (χ4n) is 1.99. The Labute approximate surface area is 128 Å². The Morgan fingerprint density at radius 3 is 2.73 bits per heavy atom. The molecule has 6 nitrogen and oxygen atoms in total. The molecule has 2 heterocycles. The molecule has 2 N–H and O–H groups in total. The number of amides is 2. The molecule has 2 rings (SSSR count). The molecule has 0 saturated heterocycles. The first-order valence-corrected chi connectivity index (χ1v) is 7.18. The molecule has 0 aromatic carbocycles. The smallest absolute Gasteiger partial charge is 0.286 e. The van der Waals surface area contributed by atoms with Gasteiger partial charge in [-0.05, 0) is 43.2 Å². The zero-order valence-electron chi connectivity index (χ0n) is 12.4. The highest BCUT2D eigenvalue weighted by molar-refractivity contribution is 5.91. The number of pyridine rings is 1. The van der Waals surface area contributed by atoms with Crippen molar-refractivity contribution in [1.29, 1.82) is 0 Å². The SMILES string of the molecule is CC(NC(=O)CCCNC(=O)c1ccco1)c1ccncc1. The highest BCUT2D eigenvalue weighted by atomic mass is 16.3. The summed E-state index contributed by atoms with van der Waals surface area (Å²) in [6, 6.07) is 6.93. The van der Waals surface area contributed by atoms with E-state index in [9.17, 15) is 9.59 Å². The maximum Gasteiger partial charge on any atom is 0.286 e. The summed E-state index contributed by atoms with van der Waals surface area (Å²) in [4.78, 5) is 27.4. The number of nitrogens with zero attached hydrogens (tertiary/aromatic N) is 1. The number of nitrogens with one attached hydrogen (secondary N) is 2. The van der Waals surface area contributed by atoms with Gasteiger partial charge in [-0.3, -0.25) is 14.6 Å². The summed E-state index contributed by atoms with van der Waals surface area (Å²) in [7, 11) is 0. The highest BCUT2D eigenvalue weighted by Crippen LogP contribution is 2.10. The average molecular weight is 301 g/mol. The number of carbonyl (C=O) groups excluding carboxylic acids is 2. The van der Waals surface area contributed by atoms with Gasteiger partial charge in [0.2, 0.25) is 5.91 Å². The zero-order valence-corrected chi connectivity index (χ0v) is 12.4. The molecular formula is C16H19N3O3. The number of hydrogen-bond donors (Lipinski definition) is 2. The number of furan rings is 1. The topological polar surface area (TPSA) is 84.2 Å². The van der Waals surface area contributed by atoms with Gasteiger partial charge < -0.3 is 15.1 Å². The summed E-state index contributed by atoms with van der Waals surface area (Å²) in [5.41, 5.74) is 1.01. The molecule has 0 bridgehead atoms. The van der Waals surface area contributed by atoms with Gasteiger partial charge in [-0.2, -0.15) is 0 Å². The van der Waals surface area contributed by atoms with E-state index in [1.807, 2.05) is 19.1 Å². The Hall–Kier alpha value is -2.63. The van der Waals surface area contributed by atoms with Crippen LogP contribution >= 0.6 is 0 Å². The molecule has 22 heavy (non-hydrogen) atoms. The Morgan fingerprint density at radius 2 is 2.05 bits per heavy atom. The van der Waals surface area contributed by atoms with Crippen LogP contribution in [0.3, 0.4) is 0 Å². The minimum absolute atomic E-state index is 0.0449. The fourth-order valence-corrected chi connectivity index (χ4v) is 1.99. The van der Waals surface area contributed by atoms with Crippen molar-refractivity contribution in [1.82, 2.24) is 15.6 Å². The first-order valence-electron chi connectivity index (χ1n) is 7.18. The van der Waals surface area contributed by atoms with E-state index in [1.54, 1.807) is 24.5 Å². The van der Waals surface area contributed by atoms with Crippen LogP contribution in [0.2, 0.25) is 0 Å². The highest BCUT2D eigenvalue weighted by Gasteiger charge is 2.10. The second-order valence-electron chi connectivity index (χ2n) is 4.91. The van der Waals surface area contributed by atoms with Crippen LogP contribution in [-0.2, 0) is 4.79 Å². The summed E-state index contributed by atoms with van der Waals surface area (Å²) < 4.78 is 4.98. The van der Waals surface area contributed by atoms with Crippen LogP contribution in [0.5, 0.6) is 0 Å². The normalized spacial score (nSPS) is 11.7. The van der Waals surface area contributed by atoms with Crippen molar-refractivity contribution in [3.8, 4) is 0 Å². The summed E-state index contributed by atoms with van der Waals surface area (Å²) in [5, 5.41) is 5.62. The lowest BCUT2D eigenvalue weighted by Gasteiger charge is -2.14. The van der Waals surface area contributed by atoms with Crippen molar-refractivity contribution in [3.63, 3.8) is 0 Å². The molecule has 6 heteroatoms. The molecule has 0 aliphatic carbocycles. The van der Waals surface area contributed by atoms with Gasteiger partial charge in [0, 0.05) is 25.4 Å². The lowest BCUT2D eigenvalue weighted by atomic mass is 10.1. The maximum absolute atomic E-state index is 11.8.